The zero-order chi connectivity index (χ0) is 21.7. The van der Waals surface area contributed by atoms with E-state index >= 15 is 0 Å². The molecule has 0 atom stereocenters. The molecule has 0 saturated carbocycles. The molecule has 0 bridgehead atoms. The normalized spacial score (nSPS) is 16.0. The molecule has 3 rings (SSSR count). The minimum absolute atomic E-state index is 0.0704. The van der Waals surface area contributed by atoms with Crippen molar-refractivity contribution in [2.24, 2.45) is 0 Å². The molecule has 0 radical (unpaired) electrons. The van der Waals surface area contributed by atoms with E-state index in [0.29, 0.717) is 32.4 Å². The molecule has 1 saturated heterocycles. The van der Waals surface area contributed by atoms with Crippen LogP contribution in [-0.2, 0) is 21.2 Å². The molecular weight excluding hydrogens is 416 g/mol. The van der Waals surface area contributed by atoms with E-state index in [1.165, 1.54) is 16.6 Å². The third-order valence-electron chi connectivity index (χ3n) is 4.99. The van der Waals surface area contributed by atoms with Gasteiger partial charge in [0, 0.05) is 38.0 Å². The molecule has 10 heteroatoms. The molecule has 7 nitrogen and oxygen atoms in total. The Morgan fingerprint density at radius 2 is 2.03 bits per heavy atom. The molecule has 1 N–H and O–H groups in total. The molecule has 164 valence electrons. The maximum atomic E-state index is 13.8. The molecule has 1 fully saturated rings. The Kier molecular flexibility index (Phi) is 7.19. The number of halogens is 2. The summed E-state index contributed by atoms with van der Waals surface area (Å²) in [5.74, 6) is -1.01. The standard InChI is InChI=1S/C20H25F2N3O4S/c1-2-11-30(27,28)25-9-7-15(8-10-25)24-19(26)5-6-20-23-13-18(29-20)16-4-3-14(21)12-17(16)22/h3-4,12-13,15H,2,5-11H2,1H3,(H,24,26). The van der Waals surface area contributed by atoms with Crippen LogP contribution >= 0.6 is 0 Å². The zero-order valence-electron chi connectivity index (χ0n) is 16.7. The SMILES string of the molecule is CCCS(=O)(=O)N1CCC(NC(=O)CCc2ncc(-c3ccc(F)cc3F)o2)CC1. The number of rotatable bonds is 8. The van der Waals surface area contributed by atoms with Gasteiger partial charge in [-0.25, -0.2) is 26.5 Å². The highest BCUT2D eigenvalue weighted by Crippen LogP contribution is 2.24. The number of piperidine rings is 1. The molecule has 0 spiro atoms. The Labute approximate surface area is 174 Å². The first-order valence-electron chi connectivity index (χ1n) is 9.96. The van der Waals surface area contributed by atoms with Gasteiger partial charge in [0.05, 0.1) is 17.5 Å². The molecule has 0 aliphatic carbocycles. The first-order chi connectivity index (χ1) is 14.3. The van der Waals surface area contributed by atoms with Gasteiger partial charge in [-0.3, -0.25) is 4.79 Å². The van der Waals surface area contributed by atoms with E-state index in [0.717, 1.165) is 12.1 Å². The van der Waals surface area contributed by atoms with Crippen molar-refractivity contribution in [3.8, 4) is 11.3 Å². The molecule has 1 amide bonds. The third-order valence-corrected chi connectivity index (χ3v) is 7.07. The van der Waals surface area contributed by atoms with Gasteiger partial charge < -0.3 is 9.73 Å². The maximum absolute atomic E-state index is 13.8. The highest BCUT2D eigenvalue weighted by Gasteiger charge is 2.28. The predicted molar refractivity (Wildman–Crippen MR) is 107 cm³/mol. The molecule has 0 unspecified atom stereocenters. The average Bonchev–Trinajstić information content (AvgIpc) is 3.15. The second kappa shape index (κ2) is 9.65. The summed E-state index contributed by atoms with van der Waals surface area (Å²) in [7, 11) is -3.21. The molecule has 2 heterocycles. The molecule has 1 aliphatic rings. The second-order valence-corrected chi connectivity index (χ2v) is 9.39. The van der Waals surface area contributed by atoms with Crippen LogP contribution < -0.4 is 5.32 Å². The first kappa shape index (κ1) is 22.4. The summed E-state index contributed by atoms with van der Waals surface area (Å²) >= 11 is 0. The number of carbonyl (C=O) groups is 1. The van der Waals surface area contributed by atoms with Gasteiger partial charge in [-0.15, -0.1) is 0 Å². The largest absolute Gasteiger partial charge is 0.441 e. The zero-order valence-corrected chi connectivity index (χ0v) is 17.6. The van der Waals surface area contributed by atoms with E-state index in [1.54, 1.807) is 0 Å². The van der Waals surface area contributed by atoms with Crippen molar-refractivity contribution < 1.29 is 26.4 Å². The third kappa shape index (κ3) is 5.63. The van der Waals surface area contributed by atoms with Gasteiger partial charge in [0.1, 0.15) is 11.6 Å². The highest BCUT2D eigenvalue weighted by molar-refractivity contribution is 7.89. The van der Waals surface area contributed by atoms with E-state index in [9.17, 15) is 22.0 Å². The fraction of sp³-hybridized carbons (Fsp3) is 0.500. The maximum Gasteiger partial charge on any atom is 0.220 e. The number of oxazole rings is 1. The Bertz CT molecular complexity index is 986. The molecule has 1 aromatic heterocycles. The second-order valence-electron chi connectivity index (χ2n) is 7.30. The topological polar surface area (TPSA) is 92.5 Å². The van der Waals surface area contributed by atoms with Crippen LogP contribution in [0.1, 0.15) is 38.5 Å². The molecule has 2 aromatic rings. The summed E-state index contributed by atoms with van der Waals surface area (Å²) in [5, 5.41) is 2.92. The summed E-state index contributed by atoms with van der Waals surface area (Å²) in [4.78, 5) is 16.3. The van der Waals surface area contributed by atoms with Gasteiger partial charge in [-0.1, -0.05) is 6.92 Å². The Morgan fingerprint density at radius 1 is 1.30 bits per heavy atom. The van der Waals surface area contributed by atoms with Gasteiger partial charge in [0.25, 0.3) is 0 Å². The van der Waals surface area contributed by atoms with Crippen LogP contribution in [0.5, 0.6) is 0 Å². The lowest BCUT2D eigenvalue weighted by Crippen LogP contribution is -2.47. The number of hydrogen-bond acceptors (Lipinski definition) is 5. The number of hydrogen-bond donors (Lipinski definition) is 1. The lowest BCUT2D eigenvalue weighted by molar-refractivity contribution is -0.122. The monoisotopic (exact) mass is 441 g/mol. The van der Waals surface area contributed by atoms with Crippen LogP contribution in [0.3, 0.4) is 0 Å². The van der Waals surface area contributed by atoms with E-state index in [1.807, 2.05) is 6.92 Å². The fourth-order valence-electron chi connectivity index (χ4n) is 3.43. The lowest BCUT2D eigenvalue weighted by atomic mass is 10.1. The fourth-order valence-corrected chi connectivity index (χ4v) is 4.97. The van der Waals surface area contributed by atoms with Crippen molar-refractivity contribution >= 4 is 15.9 Å². The Balaban J connectivity index is 1.46. The highest BCUT2D eigenvalue weighted by atomic mass is 32.2. The van der Waals surface area contributed by atoms with Crippen LogP contribution in [0.15, 0.2) is 28.8 Å². The van der Waals surface area contributed by atoms with E-state index < -0.39 is 21.7 Å². The number of aryl methyl sites for hydroxylation is 1. The van der Waals surface area contributed by atoms with Crippen LogP contribution in [-0.4, -0.2) is 48.5 Å². The van der Waals surface area contributed by atoms with Crippen LogP contribution in [0.25, 0.3) is 11.3 Å². The van der Waals surface area contributed by atoms with Gasteiger partial charge in [0.15, 0.2) is 11.7 Å². The minimum Gasteiger partial charge on any atom is -0.441 e. The van der Waals surface area contributed by atoms with Crippen LogP contribution in [0, 0.1) is 11.6 Å². The van der Waals surface area contributed by atoms with Crippen LogP contribution in [0.2, 0.25) is 0 Å². The molecule has 30 heavy (non-hydrogen) atoms. The number of sulfonamides is 1. The molecule has 1 aromatic carbocycles. The van der Waals surface area contributed by atoms with Crippen molar-refractivity contribution in [3.63, 3.8) is 0 Å². The number of aromatic nitrogens is 1. The predicted octanol–water partition coefficient (Wildman–Crippen LogP) is 2.87. The van der Waals surface area contributed by atoms with Crippen molar-refractivity contribution in [2.45, 2.75) is 45.1 Å². The molecular formula is C20H25F2N3O4S. The number of nitrogens with one attached hydrogen (secondary N) is 1. The number of nitrogens with zero attached hydrogens (tertiary/aromatic N) is 2. The Morgan fingerprint density at radius 3 is 2.70 bits per heavy atom. The summed E-state index contributed by atoms with van der Waals surface area (Å²) in [6.07, 6.45) is 3.44. The van der Waals surface area contributed by atoms with Gasteiger partial charge in [-0.2, -0.15) is 0 Å². The van der Waals surface area contributed by atoms with Gasteiger partial charge in [-0.05, 0) is 31.4 Å². The first-order valence-corrected chi connectivity index (χ1v) is 11.6. The van der Waals surface area contributed by atoms with E-state index in [2.05, 4.69) is 10.3 Å². The Hall–Kier alpha value is -2.33. The van der Waals surface area contributed by atoms with Gasteiger partial charge >= 0.3 is 0 Å². The van der Waals surface area contributed by atoms with Crippen molar-refractivity contribution in [1.29, 1.82) is 0 Å². The van der Waals surface area contributed by atoms with Crippen LogP contribution in [0.4, 0.5) is 8.78 Å². The van der Waals surface area contributed by atoms with Gasteiger partial charge in [0.2, 0.25) is 15.9 Å². The van der Waals surface area contributed by atoms with Crippen molar-refractivity contribution in [2.75, 3.05) is 18.8 Å². The summed E-state index contributed by atoms with van der Waals surface area (Å²) in [6, 6.07) is 3.10. The molecule has 1 aliphatic heterocycles. The quantitative estimate of drug-likeness (QED) is 0.680. The number of carbonyl (C=O) groups excluding carboxylic acids is 1. The number of amides is 1. The van der Waals surface area contributed by atoms with E-state index in [4.69, 9.17) is 4.42 Å². The van der Waals surface area contributed by atoms with Crippen molar-refractivity contribution in [1.82, 2.24) is 14.6 Å². The lowest BCUT2D eigenvalue weighted by Gasteiger charge is -2.31. The number of benzene rings is 1. The summed E-state index contributed by atoms with van der Waals surface area (Å²) in [5.41, 5.74) is 0.101. The van der Waals surface area contributed by atoms with E-state index in [-0.39, 0.29) is 47.8 Å². The smallest absolute Gasteiger partial charge is 0.220 e. The summed E-state index contributed by atoms with van der Waals surface area (Å²) < 4.78 is 58.0. The van der Waals surface area contributed by atoms with Crippen molar-refractivity contribution in [3.05, 3.63) is 41.9 Å². The summed E-state index contributed by atoms with van der Waals surface area (Å²) in [6.45, 7) is 2.64. The average molecular weight is 442 g/mol. The minimum atomic E-state index is -3.21.